The summed E-state index contributed by atoms with van der Waals surface area (Å²) in [5, 5.41) is 10.8. The number of phenolic OH excluding ortho intramolecular Hbond substituents is 1. The summed E-state index contributed by atoms with van der Waals surface area (Å²) in [6, 6.07) is 0. The number of hydrogen-bond acceptors (Lipinski definition) is 1. The van der Waals surface area contributed by atoms with Gasteiger partial charge in [0.25, 0.3) is 0 Å². The molecule has 26 heavy (non-hydrogen) atoms. The van der Waals surface area contributed by atoms with Gasteiger partial charge in [0.1, 0.15) is 5.75 Å². The first kappa shape index (κ1) is 30.6. The fraction of sp³-hybridized carbons (Fsp3) is 0.476. The zero-order valence-corrected chi connectivity index (χ0v) is 21.4. The quantitative estimate of drug-likeness (QED) is 0.423. The molecule has 0 unspecified atom stereocenters. The second-order valence-corrected chi connectivity index (χ2v) is 9.29. The van der Waals surface area contributed by atoms with Crippen LogP contribution in [-0.2, 0) is 25.4 Å². The van der Waals surface area contributed by atoms with E-state index in [9.17, 15) is 5.11 Å². The van der Waals surface area contributed by atoms with E-state index in [4.69, 9.17) is 0 Å². The van der Waals surface area contributed by atoms with Crippen LogP contribution in [-0.4, -0.2) is 19.2 Å². The van der Waals surface area contributed by atoms with Crippen LogP contribution < -0.4 is 5.19 Å². The van der Waals surface area contributed by atoms with Crippen LogP contribution in [0, 0.1) is 26.8 Å². The van der Waals surface area contributed by atoms with Crippen molar-refractivity contribution in [3.63, 3.8) is 0 Å². The maximum atomic E-state index is 10.0. The minimum absolute atomic E-state index is 0. The number of benzene rings is 1. The second kappa shape index (κ2) is 14.0. The SMILES string of the molecule is C[C](C)=[Ti+].Cc1c(C)c(O)c([Si])c(C(C)(C)C)c1C.Cl.Cl.[C-]1=CC=CC1. The Morgan fingerprint density at radius 1 is 1.08 bits per heavy atom. The van der Waals surface area contributed by atoms with E-state index in [1.807, 2.05) is 19.1 Å². The predicted molar refractivity (Wildman–Crippen MR) is 119 cm³/mol. The molecule has 3 radical (unpaired) electrons. The molecule has 0 atom stereocenters. The Balaban J connectivity index is -0.000000400. The van der Waals surface area contributed by atoms with Crippen molar-refractivity contribution in [2.24, 2.45) is 0 Å². The molecule has 0 saturated heterocycles. The van der Waals surface area contributed by atoms with E-state index in [2.05, 4.69) is 90.8 Å². The van der Waals surface area contributed by atoms with Crippen molar-refractivity contribution >= 4 is 44.1 Å². The summed E-state index contributed by atoms with van der Waals surface area (Å²) in [4.78, 5) is 0. The third-order valence-electron chi connectivity index (χ3n) is 3.68. The molecule has 1 aromatic rings. The summed E-state index contributed by atoms with van der Waals surface area (Å²) in [5.41, 5.74) is 4.64. The fourth-order valence-electron chi connectivity index (χ4n) is 2.42. The number of rotatable bonds is 0. The first-order valence-corrected chi connectivity index (χ1v) is 9.47. The van der Waals surface area contributed by atoms with Gasteiger partial charge in [0.2, 0.25) is 0 Å². The normalized spacial score (nSPS) is 11.3. The minimum atomic E-state index is 0. The van der Waals surface area contributed by atoms with Gasteiger partial charge < -0.3 is 5.11 Å². The monoisotopic (exact) mass is 446 g/mol. The Kier molecular flexibility index (Phi) is 16.4. The number of phenols is 1. The largest absolute Gasteiger partial charge is 0.508 e. The van der Waals surface area contributed by atoms with Crippen molar-refractivity contribution in [3.05, 3.63) is 46.6 Å². The molecule has 0 aliphatic heterocycles. The van der Waals surface area contributed by atoms with Gasteiger partial charge in [-0.25, -0.2) is 12.2 Å². The zero-order valence-electron chi connectivity index (χ0n) is 17.2. The van der Waals surface area contributed by atoms with Crippen molar-refractivity contribution in [2.45, 2.75) is 67.2 Å². The molecule has 0 bridgehead atoms. The first-order chi connectivity index (χ1) is 10.9. The van der Waals surface area contributed by atoms with Crippen LogP contribution >= 0.6 is 24.8 Å². The molecule has 0 amide bonds. The molecule has 1 aromatic carbocycles. The summed E-state index contributed by atoms with van der Waals surface area (Å²) in [6.45, 7) is 16.8. The van der Waals surface area contributed by atoms with E-state index in [1.165, 1.54) is 20.5 Å². The van der Waals surface area contributed by atoms with Crippen LogP contribution in [0.1, 0.15) is 63.3 Å². The van der Waals surface area contributed by atoms with Gasteiger partial charge in [0.15, 0.2) is 0 Å². The van der Waals surface area contributed by atoms with Crippen molar-refractivity contribution < 1.29 is 25.1 Å². The molecule has 144 valence electrons. The van der Waals surface area contributed by atoms with Crippen molar-refractivity contribution in [1.82, 2.24) is 0 Å². The van der Waals surface area contributed by atoms with Gasteiger partial charge in [0.05, 0.1) is 10.2 Å². The maximum absolute atomic E-state index is 10.0. The van der Waals surface area contributed by atoms with E-state index >= 15 is 0 Å². The molecule has 1 aliphatic rings. The van der Waals surface area contributed by atoms with E-state index in [-0.39, 0.29) is 30.2 Å². The molecular formula is C21H32Cl2OSiTi. The number of aromatic hydroxyl groups is 1. The summed E-state index contributed by atoms with van der Waals surface area (Å²) in [7, 11) is 3.56. The Hall–Kier alpha value is -0.119. The number of allylic oxidation sites excluding steroid dienone is 4. The molecule has 0 spiro atoms. The van der Waals surface area contributed by atoms with Crippen LogP contribution in [0.2, 0.25) is 0 Å². The van der Waals surface area contributed by atoms with Crippen LogP contribution in [0.15, 0.2) is 18.2 Å². The second-order valence-electron chi connectivity index (χ2n) is 7.23. The maximum Gasteiger partial charge on any atom is 0.117 e. The number of hydrogen-bond donors (Lipinski definition) is 1. The smallest absolute Gasteiger partial charge is 0.117 e. The van der Waals surface area contributed by atoms with Gasteiger partial charge in [-0.05, 0) is 53.6 Å². The zero-order chi connectivity index (χ0) is 19.1. The predicted octanol–water partition coefficient (Wildman–Crippen LogP) is 5.30. The van der Waals surface area contributed by atoms with E-state index in [0.29, 0.717) is 5.75 Å². The standard InChI is InChI=1S/C13H19OSi.C5H5.C3H6.2ClH.Ti/c1-7-8(2)10(13(4,5)6)12(15)11(14)9(7)3;1-2-4-5-3-1;1-3-2;;;/h14H,1-6H3;1-3H,4H2;1-2H3;2*1H;/q;-1;;;;+1. The molecule has 5 heteroatoms. The van der Waals surface area contributed by atoms with E-state index in [1.54, 1.807) is 0 Å². The Bertz CT molecular complexity index is 601. The first-order valence-electron chi connectivity index (χ1n) is 8.19. The van der Waals surface area contributed by atoms with Gasteiger partial charge in [0, 0.05) is 0 Å². The summed E-state index contributed by atoms with van der Waals surface area (Å²) in [5.74, 6) is 0.375. The third-order valence-corrected chi connectivity index (χ3v) is 4.16. The van der Waals surface area contributed by atoms with Gasteiger partial charge in [-0.15, -0.1) is 31.2 Å². The van der Waals surface area contributed by atoms with Crippen LogP contribution in [0.5, 0.6) is 5.75 Å². The molecule has 0 heterocycles. The summed E-state index contributed by atoms with van der Waals surface area (Å²) >= 11 is 2.08. The molecule has 2 rings (SSSR count). The van der Waals surface area contributed by atoms with Crippen molar-refractivity contribution in [3.8, 4) is 5.75 Å². The molecule has 0 aromatic heterocycles. The Morgan fingerprint density at radius 2 is 1.54 bits per heavy atom. The summed E-state index contributed by atoms with van der Waals surface area (Å²) in [6.07, 6.45) is 10.0. The average Bonchev–Trinajstić information content (AvgIpc) is 3.00. The minimum Gasteiger partial charge on any atom is -0.508 e. The van der Waals surface area contributed by atoms with Crippen LogP contribution in [0.25, 0.3) is 0 Å². The average molecular weight is 447 g/mol. The van der Waals surface area contributed by atoms with Crippen molar-refractivity contribution in [2.75, 3.05) is 0 Å². The van der Waals surface area contributed by atoms with Gasteiger partial charge in [-0.3, -0.25) is 6.08 Å². The molecule has 0 fully saturated rings. The van der Waals surface area contributed by atoms with Gasteiger partial charge in [-0.2, -0.15) is 6.08 Å². The molecule has 1 nitrogen and oxygen atoms in total. The summed E-state index contributed by atoms with van der Waals surface area (Å²) < 4.78 is 1.42. The third kappa shape index (κ3) is 10.3. The van der Waals surface area contributed by atoms with E-state index < -0.39 is 0 Å². The topological polar surface area (TPSA) is 20.2 Å². The van der Waals surface area contributed by atoms with Crippen LogP contribution in [0.4, 0.5) is 0 Å². The van der Waals surface area contributed by atoms with Gasteiger partial charge in [-0.1, -0.05) is 20.8 Å². The Morgan fingerprint density at radius 3 is 1.81 bits per heavy atom. The van der Waals surface area contributed by atoms with E-state index in [0.717, 1.165) is 17.2 Å². The van der Waals surface area contributed by atoms with Crippen molar-refractivity contribution in [1.29, 1.82) is 0 Å². The molecular weight excluding hydrogens is 415 g/mol. The van der Waals surface area contributed by atoms with Crippen LogP contribution in [0.3, 0.4) is 0 Å². The van der Waals surface area contributed by atoms with Gasteiger partial charge >= 0.3 is 37.6 Å². The number of halogens is 2. The molecule has 1 N–H and O–H groups in total. The Labute approximate surface area is 187 Å². The molecule has 0 saturated carbocycles. The fourth-order valence-corrected chi connectivity index (χ4v) is 3.17. The molecule has 1 aliphatic carbocycles.